The zero-order valence-electron chi connectivity index (χ0n) is 8.80. The van der Waals surface area contributed by atoms with E-state index in [0.29, 0.717) is 6.04 Å². The van der Waals surface area contributed by atoms with Crippen molar-refractivity contribution in [3.63, 3.8) is 0 Å². The second-order valence-corrected chi connectivity index (χ2v) is 4.12. The normalized spacial score (nSPS) is 16.5. The molecule has 0 spiro atoms. The summed E-state index contributed by atoms with van der Waals surface area (Å²) < 4.78 is 0. The molecule has 0 saturated heterocycles. The first-order valence-electron chi connectivity index (χ1n) is 4.93. The Hall–Kier alpha value is -0.0800. The fourth-order valence-corrected chi connectivity index (χ4v) is 1.33. The van der Waals surface area contributed by atoms with Crippen LogP contribution in [0.4, 0.5) is 0 Å². The van der Waals surface area contributed by atoms with Crippen LogP contribution in [0.5, 0.6) is 0 Å². The van der Waals surface area contributed by atoms with Crippen molar-refractivity contribution >= 4 is 0 Å². The fraction of sp³-hybridized carbons (Fsp3) is 1.00. The number of hydrogen-bond acceptors (Lipinski definition) is 2. The summed E-state index contributed by atoms with van der Waals surface area (Å²) in [5, 5.41) is 12.4. The second kappa shape index (κ2) is 6.44. The van der Waals surface area contributed by atoms with E-state index in [2.05, 4.69) is 26.1 Å². The number of aliphatic hydroxyl groups is 1. The minimum atomic E-state index is -0.177. The molecular formula is C10H23NO. The largest absolute Gasteiger partial charge is 0.393 e. The Morgan fingerprint density at radius 2 is 1.75 bits per heavy atom. The number of rotatable bonds is 6. The molecule has 2 heteroatoms. The summed E-state index contributed by atoms with van der Waals surface area (Å²) in [6.07, 6.45) is 1.88. The van der Waals surface area contributed by atoms with Crippen LogP contribution in [0.2, 0.25) is 0 Å². The molecule has 12 heavy (non-hydrogen) atoms. The predicted molar refractivity (Wildman–Crippen MR) is 53.2 cm³/mol. The van der Waals surface area contributed by atoms with E-state index in [0.717, 1.165) is 18.9 Å². The molecule has 0 rings (SSSR count). The molecule has 0 aromatic heterocycles. The highest BCUT2D eigenvalue weighted by molar-refractivity contribution is 4.63. The molecule has 2 N–H and O–H groups in total. The molecule has 0 amide bonds. The molecule has 0 saturated carbocycles. The molecule has 0 fully saturated rings. The van der Waals surface area contributed by atoms with Crippen LogP contribution in [-0.2, 0) is 0 Å². The van der Waals surface area contributed by atoms with Crippen LogP contribution in [0.15, 0.2) is 0 Å². The van der Waals surface area contributed by atoms with Crippen molar-refractivity contribution in [2.45, 2.75) is 52.7 Å². The summed E-state index contributed by atoms with van der Waals surface area (Å²) in [4.78, 5) is 0. The van der Waals surface area contributed by atoms with Crippen molar-refractivity contribution in [3.8, 4) is 0 Å². The monoisotopic (exact) mass is 173 g/mol. The standard InChI is InChI=1S/C10H23NO/c1-8(2)7-9(3)11-6-5-10(4)12/h8-12H,5-7H2,1-4H3/t9-,10-/m0/s1. The van der Waals surface area contributed by atoms with Gasteiger partial charge in [0.25, 0.3) is 0 Å². The van der Waals surface area contributed by atoms with Crippen LogP contribution < -0.4 is 5.32 Å². The lowest BCUT2D eigenvalue weighted by molar-refractivity contribution is 0.182. The molecule has 0 aliphatic heterocycles. The van der Waals surface area contributed by atoms with Crippen molar-refractivity contribution in [3.05, 3.63) is 0 Å². The Morgan fingerprint density at radius 3 is 2.17 bits per heavy atom. The Balaban J connectivity index is 3.25. The van der Waals surface area contributed by atoms with Gasteiger partial charge in [-0.2, -0.15) is 0 Å². The van der Waals surface area contributed by atoms with Gasteiger partial charge < -0.3 is 10.4 Å². The van der Waals surface area contributed by atoms with Crippen LogP contribution in [-0.4, -0.2) is 23.8 Å². The molecule has 0 bridgehead atoms. The van der Waals surface area contributed by atoms with Crippen molar-refractivity contribution in [2.24, 2.45) is 5.92 Å². The number of aliphatic hydroxyl groups excluding tert-OH is 1. The van der Waals surface area contributed by atoms with E-state index in [9.17, 15) is 0 Å². The van der Waals surface area contributed by atoms with Gasteiger partial charge in [0, 0.05) is 6.04 Å². The van der Waals surface area contributed by atoms with Crippen molar-refractivity contribution < 1.29 is 5.11 Å². The Labute approximate surface area is 76.4 Å². The maximum Gasteiger partial charge on any atom is 0.0524 e. The fourth-order valence-electron chi connectivity index (χ4n) is 1.33. The summed E-state index contributed by atoms with van der Waals surface area (Å²) >= 11 is 0. The molecule has 0 aromatic rings. The third-order valence-corrected chi connectivity index (χ3v) is 1.88. The highest BCUT2D eigenvalue weighted by Crippen LogP contribution is 2.03. The lowest BCUT2D eigenvalue weighted by atomic mass is 10.1. The van der Waals surface area contributed by atoms with Gasteiger partial charge in [-0.3, -0.25) is 0 Å². The smallest absolute Gasteiger partial charge is 0.0524 e. The molecule has 0 aromatic carbocycles. The van der Waals surface area contributed by atoms with Gasteiger partial charge in [0.15, 0.2) is 0 Å². The summed E-state index contributed by atoms with van der Waals surface area (Å²) in [6.45, 7) is 9.40. The highest BCUT2D eigenvalue weighted by Gasteiger charge is 2.03. The lowest BCUT2D eigenvalue weighted by Gasteiger charge is -2.16. The molecule has 0 radical (unpaired) electrons. The SMILES string of the molecule is CC(C)C[C@H](C)NCC[C@H](C)O. The van der Waals surface area contributed by atoms with Gasteiger partial charge in [-0.25, -0.2) is 0 Å². The van der Waals surface area contributed by atoms with Crippen LogP contribution in [0.25, 0.3) is 0 Å². The van der Waals surface area contributed by atoms with E-state index in [1.54, 1.807) is 0 Å². The second-order valence-electron chi connectivity index (χ2n) is 4.12. The van der Waals surface area contributed by atoms with Crippen molar-refractivity contribution in [1.82, 2.24) is 5.32 Å². The summed E-state index contributed by atoms with van der Waals surface area (Å²) in [5.41, 5.74) is 0. The molecular weight excluding hydrogens is 150 g/mol. The van der Waals surface area contributed by atoms with Gasteiger partial charge in [0.2, 0.25) is 0 Å². The molecule has 2 nitrogen and oxygen atoms in total. The van der Waals surface area contributed by atoms with E-state index in [4.69, 9.17) is 5.11 Å². The van der Waals surface area contributed by atoms with Crippen molar-refractivity contribution in [1.29, 1.82) is 0 Å². The van der Waals surface area contributed by atoms with Crippen LogP contribution >= 0.6 is 0 Å². The first-order chi connectivity index (χ1) is 5.52. The average Bonchev–Trinajstić information content (AvgIpc) is 1.84. The number of hydrogen-bond donors (Lipinski definition) is 2. The minimum absolute atomic E-state index is 0.177. The van der Waals surface area contributed by atoms with Crippen molar-refractivity contribution in [2.75, 3.05) is 6.54 Å². The molecule has 0 heterocycles. The van der Waals surface area contributed by atoms with Crippen LogP contribution in [0, 0.1) is 5.92 Å². The van der Waals surface area contributed by atoms with E-state index in [1.165, 1.54) is 6.42 Å². The van der Waals surface area contributed by atoms with Gasteiger partial charge in [0.05, 0.1) is 6.10 Å². The first kappa shape index (κ1) is 11.9. The van der Waals surface area contributed by atoms with E-state index in [1.807, 2.05) is 6.92 Å². The first-order valence-corrected chi connectivity index (χ1v) is 4.93. The summed E-state index contributed by atoms with van der Waals surface area (Å²) in [6, 6.07) is 0.573. The molecule has 0 aliphatic rings. The molecule has 74 valence electrons. The van der Waals surface area contributed by atoms with E-state index >= 15 is 0 Å². The maximum absolute atomic E-state index is 9.01. The topological polar surface area (TPSA) is 32.3 Å². The number of nitrogens with one attached hydrogen (secondary N) is 1. The third kappa shape index (κ3) is 8.02. The third-order valence-electron chi connectivity index (χ3n) is 1.88. The Kier molecular flexibility index (Phi) is 6.39. The zero-order valence-corrected chi connectivity index (χ0v) is 8.80. The van der Waals surface area contributed by atoms with E-state index in [-0.39, 0.29) is 6.10 Å². The highest BCUT2D eigenvalue weighted by atomic mass is 16.3. The predicted octanol–water partition coefficient (Wildman–Crippen LogP) is 1.78. The van der Waals surface area contributed by atoms with Gasteiger partial charge in [0.1, 0.15) is 0 Å². The maximum atomic E-state index is 9.01. The van der Waals surface area contributed by atoms with E-state index < -0.39 is 0 Å². The lowest BCUT2D eigenvalue weighted by Crippen LogP contribution is -2.29. The summed E-state index contributed by atoms with van der Waals surface area (Å²) in [5.74, 6) is 0.749. The molecule has 0 unspecified atom stereocenters. The van der Waals surface area contributed by atoms with Crippen LogP contribution in [0.1, 0.15) is 40.5 Å². The molecule has 0 aliphatic carbocycles. The summed E-state index contributed by atoms with van der Waals surface area (Å²) in [7, 11) is 0. The minimum Gasteiger partial charge on any atom is -0.393 e. The quantitative estimate of drug-likeness (QED) is 0.641. The van der Waals surface area contributed by atoms with Crippen LogP contribution in [0.3, 0.4) is 0 Å². The van der Waals surface area contributed by atoms with Gasteiger partial charge >= 0.3 is 0 Å². The Morgan fingerprint density at radius 1 is 1.17 bits per heavy atom. The van der Waals surface area contributed by atoms with Gasteiger partial charge in [-0.15, -0.1) is 0 Å². The molecule has 2 atom stereocenters. The zero-order chi connectivity index (χ0) is 9.56. The van der Waals surface area contributed by atoms with Gasteiger partial charge in [-0.05, 0) is 39.2 Å². The Bertz CT molecular complexity index is 102. The van der Waals surface area contributed by atoms with Gasteiger partial charge in [-0.1, -0.05) is 13.8 Å². The average molecular weight is 173 g/mol.